The molecule has 2 aromatic rings. The van der Waals surface area contributed by atoms with Gasteiger partial charge < -0.3 is 14.8 Å². The summed E-state index contributed by atoms with van der Waals surface area (Å²) in [5.74, 6) is 0.721. The van der Waals surface area contributed by atoms with E-state index in [2.05, 4.69) is 27.3 Å². The van der Waals surface area contributed by atoms with Crippen LogP contribution in [0.3, 0.4) is 0 Å². The molecule has 0 bridgehead atoms. The molecule has 164 valence electrons. The highest BCUT2D eigenvalue weighted by atomic mass is 79.9. The molecule has 0 saturated carbocycles. The van der Waals surface area contributed by atoms with Crippen molar-refractivity contribution < 1.29 is 14.3 Å². The van der Waals surface area contributed by atoms with Crippen LogP contribution in [0.25, 0.3) is 0 Å². The highest BCUT2D eigenvalue weighted by molar-refractivity contribution is 9.10. The molecule has 1 N–H and O–H groups in total. The summed E-state index contributed by atoms with van der Waals surface area (Å²) in [6, 6.07) is 13.6. The quantitative estimate of drug-likeness (QED) is 0.542. The third kappa shape index (κ3) is 3.92. The van der Waals surface area contributed by atoms with Crippen LogP contribution < -0.4 is 14.8 Å². The summed E-state index contributed by atoms with van der Waals surface area (Å²) < 4.78 is 11.6. The van der Waals surface area contributed by atoms with E-state index in [0.29, 0.717) is 40.5 Å². The number of rotatable bonds is 4. The minimum Gasteiger partial charge on any atom is -0.493 e. The van der Waals surface area contributed by atoms with Crippen LogP contribution >= 0.6 is 27.5 Å². The highest BCUT2D eigenvalue weighted by Crippen LogP contribution is 2.48. The average Bonchev–Trinajstić information content (AvgIpc) is 2.78. The van der Waals surface area contributed by atoms with Crippen LogP contribution in [-0.4, -0.2) is 20.0 Å². The van der Waals surface area contributed by atoms with E-state index in [-0.39, 0.29) is 11.7 Å². The lowest BCUT2D eigenvalue weighted by Crippen LogP contribution is -2.33. The lowest BCUT2D eigenvalue weighted by atomic mass is 9.72. The van der Waals surface area contributed by atoms with Crippen LogP contribution in [0.2, 0.25) is 5.02 Å². The zero-order valence-corrected chi connectivity index (χ0v) is 20.3. The number of nitrogens with one attached hydrogen (secondary N) is 1. The van der Waals surface area contributed by atoms with E-state index in [1.54, 1.807) is 14.2 Å². The van der Waals surface area contributed by atoms with Crippen LogP contribution in [0.1, 0.15) is 42.7 Å². The number of hydrogen-bond acceptors (Lipinski definition) is 5. The lowest BCUT2D eigenvalue weighted by Gasteiger charge is -2.36. The van der Waals surface area contributed by atoms with Crippen molar-refractivity contribution in [3.63, 3.8) is 0 Å². The number of ether oxygens (including phenoxy) is 2. The van der Waals surface area contributed by atoms with Crippen molar-refractivity contribution in [1.29, 1.82) is 5.26 Å². The second-order valence-corrected chi connectivity index (χ2v) is 9.20. The minimum absolute atomic E-state index is 0.0330. The van der Waals surface area contributed by atoms with Gasteiger partial charge in [-0.05, 0) is 54.7 Å². The number of allylic oxidation sites excluding steroid dienone is 4. The van der Waals surface area contributed by atoms with E-state index in [9.17, 15) is 10.1 Å². The first kappa shape index (κ1) is 22.4. The summed E-state index contributed by atoms with van der Waals surface area (Å²) >= 11 is 9.66. The first-order valence-corrected chi connectivity index (χ1v) is 11.4. The van der Waals surface area contributed by atoms with Gasteiger partial charge in [-0.25, -0.2) is 0 Å². The Morgan fingerprint density at radius 1 is 1.12 bits per heavy atom. The maximum atomic E-state index is 13.5. The number of Topliss-reactive ketones (excluding diaryl/α,β-unsaturated/α-hetero) is 1. The number of hydrogen-bond donors (Lipinski definition) is 1. The first-order valence-electron chi connectivity index (χ1n) is 10.2. The van der Waals surface area contributed by atoms with Crippen molar-refractivity contribution in [3.8, 4) is 17.6 Å². The maximum Gasteiger partial charge on any atom is 0.162 e. The number of ketones is 1. The largest absolute Gasteiger partial charge is 0.493 e. The molecule has 7 heteroatoms. The van der Waals surface area contributed by atoms with E-state index in [1.165, 1.54) is 0 Å². The van der Waals surface area contributed by atoms with Crippen LogP contribution in [0.4, 0.5) is 0 Å². The van der Waals surface area contributed by atoms with Crippen molar-refractivity contribution >= 4 is 33.3 Å². The highest BCUT2D eigenvalue weighted by Gasteiger charge is 2.40. The molecule has 5 nitrogen and oxygen atoms in total. The van der Waals surface area contributed by atoms with Crippen LogP contribution in [0.5, 0.6) is 11.5 Å². The van der Waals surface area contributed by atoms with E-state index in [1.807, 2.05) is 43.3 Å². The van der Waals surface area contributed by atoms with Gasteiger partial charge in [0.15, 0.2) is 17.3 Å². The Balaban J connectivity index is 1.83. The van der Waals surface area contributed by atoms with Gasteiger partial charge in [0.05, 0.1) is 31.8 Å². The number of nitriles is 1. The van der Waals surface area contributed by atoms with Gasteiger partial charge in [0, 0.05) is 32.9 Å². The van der Waals surface area contributed by atoms with Gasteiger partial charge in [0.2, 0.25) is 0 Å². The number of benzene rings is 2. The summed E-state index contributed by atoms with van der Waals surface area (Å²) in [4.78, 5) is 13.5. The molecule has 2 aromatic carbocycles. The molecule has 2 aliphatic rings. The van der Waals surface area contributed by atoms with Gasteiger partial charge in [0.25, 0.3) is 0 Å². The Kier molecular flexibility index (Phi) is 6.32. The Morgan fingerprint density at radius 2 is 1.78 bits per heavy atom. The van der Waals surface area contributed by atoms with Crippen LogP contribution in [0, 0.1) is 11.3 Å². The van der Waals surface area contributed by atoms with Crippen molar-refractivity contribution in [1.82, 2.24) is 5.32 Å². The standard InChI is InChI=1S/C25H22BrClN2O3/c1-13-18(12-28)24(17-10-22(31-2)23(32-3)11-19(17)26)25-20(29-13)8-15(9-21(25)30)14-4-6-16(27)7-5-14/h4-7,10-11,15,24,29H,8-9H2,1-3H3/t15-,24-/m0/s1. The van der Waals surface area contributed by atoms with Crippen LogP contribution in [0.15, 0.2) is 63.4 Å². The topological polar surface area (TPSA) is 71.3 Å². The molecule has 0 saturated heterocycles. The zero-order chi connectivity index (χ0) is 23.0. The van der Waals surface area contributed by atoms with E-state index >= 15 is 0 Å². The number of halogens is 2. The number of dihydropyridines is 1. The first-order chi connectivity index (χ1) is 15.4. The van der Waals surface area contributed by atoms with Crippen LogP contribution in [-0.2, 0) is 4.79 Å². The number of nitrogens with zero attached hydrogens (tertiary/aromatic N) is 1. The molecule has 0 aromatic heterocycles. The number of carbonyl (C=O) groups excluding carboxylic acids is 1. The maximum absolute atomic E-state index is 13.5. The smallest absolute Gasteiger partial charge is 0.162 e. The van der Waals surface area contributed by atoms with Crippen molar-refractivity contribution in [2.75, 3.05) is 14.2 Å². The molecular weight excluding hydrogens is 492 g/mol. The molecule has 32 heavy (non-hydrogen) atoms. The second-order valence-electron chi connectivity index (χ2n) is 7.91. The van der Waals surface area contributed by atoms with E-state index in [0.717, 1.165) is 27.0 Å². The average molecular weight is 514 g/mol. The molecule has 0 unspecified atom stereocenters. The van der Waals surface area contributed by atoms with Gasteiger partial charge >= 0.3 is 0 Å². The van der Waals surface area contributed by atoms with Crippen molar-refractivity contribution in [2.24, 2.45) is 0 Å². The molecule has 0 radical (unpaired) electrons. The fourth-order valence-electron chi connectivity index (χ4n) is 4.56. The van der Waals surface area contributed by atoms with E-state index in [4.69, 9.17) is 21.1 Å². The van der Waals surface area contributed by atoms with E-state index < -0.39 is 5.92 Å². The summed E-state index contributed by atoms with van der Waals surface area (Å²) in [6.07, 6.45) is 1.06. The summed E-state index contributed by atoms with van der Waals surface area (Å²) in [5.41, 5.74) is 4.66. The van der Waals surface area contributed by atoms with Crippen molar-refractivity contribution in [3.05, 3.63) is 79.6 Å². The SMILES string of the molecule is COc1cc(Br)c([C@H]2C(C#N)=C(C)NC3=C2C(=O)C[C@@H](c2ccc(Cl)cc2)C3)cc1OC. The summed E-state index contributed by atoms with van der Waals surface area (Å²) in [5, 5.41) is 14.0. The van der Waals surface area contributed by atoms with Gasteiger partial charge in [0.1, 0.15) is 0 Å². The second kappa shape index (κ2) is 9.01. The normalized spacial score (nSPS) is 20.4. The monoisotopic (exact) mass is 512 g/mol. The Bertz CT molecular complexity index is 1190. The summed E-state index contributed by atoms with van der Waals surface area (Å²) in [7, 11) is 3.14. The Morgan fingerprint density at radius 3 is 2.41 bits per heavy atom. The van der Waals surface area contributed by atoms with Gasteiger partial charge in [-0.2, -0.15) is 5.26 Å². The fourth-order valence-corrected chi connectivity index (χ4v) is 5.24. The Hall–Kier alpha value is -2.75. The summed E-state index contributed by atoms with van der Waals surface area (Å²) in [6.45, 7) is 1.88. The number of carbonyl (C=O) groups is 1. The van der Waals surface area contributed by atoms with Gasteiger partial charge in [-0.15, -0.1) is 0 Å². The predicted octanol–water partition coefficient (Wildman–Crippen LogP) is 6.00. The number of methoxy groups -OCH3 is 2. The molecular formula is C25H22BrClN2O3. The molecule has 1 aliphatic carbocycles. The molecule has 4 rings (SSSR count). The van der Waals surface area contributed by atoms with Gasteiger partial charge in [-0.1, -0.05) is 39.7 Å². The third-order valence-corrected chi connectivity index (χ3v) is 7.04. The molecule has 0 spiro atoms. The molecule has 1 aliphatic heterocycles. The fraction of sp³-hybridized carbons (Fsp3) is 0.280. The Labute approximate surface area is 200 Å². The molecule has 0 amide bonds. The zero-order valence-electron chi connectivity index (χ0n) is 18.0. The molecule has 1 heterocycles. The van der Waals surface area contributed by atoms with Crippen molar-refractivity contribution in [2.45, 2.75) is 31.6 Å². The molecule has 2 atom stereocenters. The predicted molar refractivity (Wildman–Crippen MR) is 127 cm³/mol. The minimum atomic E-state index is -0.482. The third-order valence-electron chi connectivity index (χ3n) is 6.10. The molecule has 0 fully saturated rings. The van der Waals surface area contributed by atoms with Gasteiger partial charge in [-0.3, -0.25) is 4.79 Å². The lowest BCUT2D eigenvalue weighted by molar-refractivity contribution is -0.116.